The molecule has 0 heterocycles. The van der Waals surface area contributed by atoms with Crippen molar-refractivity contribution in [2.24, 2.45) is 17.3 Å². The van der Waals surface area contributed by atoms with Crippen molar-refractivity contribution in [1.29, 1.82) is 0 Å². The maximum absolute atomic E-state index is 12.7. The van der Waals surface area contributed by atoms with Crippen LogP contribution in [-0.2, 0) is 9.47 Å². The first kappa shape index (κ1) is 23.7. The highest BCUT2D eigenvalue weighted by Gasteiger charge is 2.43. The molecule has 0 aliphatic heterocycles. The van der Waals surface area contributed by atoms with Gasteiger partial charge in [-0.2, -0.15) is 0 Å². The third-order valence-corrected chi connectivity index (χ3v) is 5.92. The molecule has 30 heavy (non-hydrogen) atoms. The quantitative estimate of drug-likeness (QED) is 0.440. The maximum atomic E-state index is 12.7. The molecule has 2 aromatic rings. The second-order valence-corrected chi connectivity index (χ2v) is 8.68. The van der Waals surface area contributed by atoms with Crippen molar-refractivity contribution in [2.45, 2.75) is 53.6 Å². The fourth-order valence-electron chi connectivity index (χ4n) is 3.65. The zero-order valence-electron chi connectivity index (χ0n) is 18.8. The van der Waals surface area contributed by atoms with Gasteiger partial charge in [-0.15, -0.1) is 0 Å². The summed E-state index contributed by atoms with van der Waals surface area (Å²) < 4.78 is 11.7. The molecule has 0 saturated heterocycles. The first-order valence-corrected chi connectivity index (χ1v) is 10.7. The van der Waals surface area contributed by atoms with Crippen LogP contribution in [0.5, 0.6) is 0 Å². The number of ether oxygens (including phenoxy) is 2. The number of carbonyl (C=O) groups is 2. The average molecular weight is 411 g/mol. The molecule has 0 aliphatic carbocycles. The minimum atomic E-state index is -0.473. The first-order valence-electron chi connectivity index (χ1n) is 10.7. The molecule has 2 aromatic carbocycles. The number of carbonyl (C=O) groups excluding carboxylic acids is 2. The molecule has 0 saturated carbocycles. The number of hydrogen-bond donors (Lipinski definition) is 0. The standard InChI is InChI=1S/C26H34O4/c1-19(2)16-17-26(20(3)4,18-29-24(27)22-12-8-6-9-13-22)21(5)30-25(28)23-14-10-7-11-15-23/h6-15,19-21H,16-18H2,1-5H3. The number of rotatable bonds is 10. The highest BCUT2D eigenvalue weighted by molar-refractivity contribution is 5.90. The van der Waals surface area contributed by atoms with Gasteiger partial charge in [0, 0.05) is 5.41 Å². The minimum absolute atomic E-state index is 0.151. The van der Waals surface area contributed by atoms with Crippen molar-refractivity contribution in [3.8, 4) is 0 Å². The summed E-state index contributed by atoms with van der Waals surface area (Å²) >= 11 is 0. The van der Waals surface area contributed by atoms with Crippen LogP contribution in [0.3, 0.4) is 0 Å². The van der Waals surface area contributed by atoms with Gasteiger partial charge >= 0.3 is 11.9 Å². The molecule has 0 amide bonds. The molecule has 0 radical (unpaired) electrons. The van der Waals surface area contributed by atoms with Crippen molar-refractivity contribution in [3.05, 3.63) is 71.8 Å². The van der Waals surface area contributed by atoms with Crippen LogP contribution in [0.15, 0.2) is 60.7 Å². The molecule has 0 N–H and O–H groups in total. The Kier molecular flexibility index (Phi) is 8.64. The molecule has 2 rings (SSSR count). The fraction of sp³-hybridized carbons (Fsp3) is 0.462. The van der Waals surface area contributed by atoms with Crippen LogP contribution in [0, 0.1) is 17.3 Å². The van der Waals surface area contributed by atoms with Crippen LogP contribution >= 0.6 is 0 Å². The van der Waals surface area contributed by atoms with Gasteiger partial charge in [0.1, 0.15) is 12.7 Å². The largest absolute Gasteiger partial charge is 0.461 e. The highest BCUT2D eigenvalue weighted by Crippen LogP contribution is 2.40. The van der Waals surface area contributed by atoms with Gasteiger partial charge in [-0.1, -0.05) is 70.5 Å². The molecule has 0 aliphatic rings. The van der Waals surface area contributed by atoms with Crippen LogP contribution in [0.2, 0.25) is 0 Å². The Morgan fingerprint density at radius 1 is 0.800 bits per heavy atom. The Morgan fingerprint density at radius 2 is 1.30 bits per heavy atom. The van der Waals surface area contributed by atoms with E-state index in [1.807, 2.05) is 43.3 Å². The SMILES string of the molecule is CC(C)CCC(COC(=O)c1ccccc1)(C(C)C)C(C)OC(=O)c1ccccc1. The van der Waals surface area contributed by atoms with E-state index in [4.69, 9.17) is 9.47 Å². The summed E-state index contributed by atoms with van der Waals surface area (Å²) in [6.45, 7) is 10.7. The zero-order chi connectivity index (χ0) is 22.1. The number of esters is 2. The smallest absolute Gasteiger partial charge is 0.338 e. The molecular formula is C26H34O4. The number of hydrogen-bond acceptors (Lipinski definition) is 4. The van der Waals surface area contributed by atoms with E-state index in [0.717, 1.165) is 12.8 Å². The van der Waals surface area contributed by atoms with Gasteiger partial charge in [0.05, 0.1) is 11.1 Å². The van der Waals surface area contributed by atoms with E-state index in [-0.39, 0.29) is 24.5 Å². The van der Waals surface area contributed by atoms with Gasteiger partial charge in [-0.25, -0.2) is 9.59 Å². The fourth-order valence-corrected chi connectivity index (χ4v) is 3.65. The molecule has 4 heteroatoms. The van der Waals surface area contributed by atoms with E-state index in [9.17, 15) is 9.59 Å². The summed E-state index contributed by atoms with van der Waals surface area (Å²) in [7, 11) is 0. The van der Waals surface area contributed by atoms with Crippen LogP contribution in [0.1, 0.15) is 68.2 Å². The Balaban J connectivity index is 2.22. The van der Waals surface area contributed by atoms with Gasteiger partial charge in [0.15, 0.2) is 0 Å². The lowest BCUT2D eigenvalue weighted by atomic mass is 9.69. The molecular weight excluding hydrogens is 376 g/mol. The van der Waals surface area contributed by atoms with E-state index in [2.05, 4.69) is 27.7 Å². The summed E-state index contributed by atoms with van der Waals surface area (Å²) in [5.74, 6) is -0.0674. The van der Waals surface area contributed by atoms with E-state index >= 15 is 0 Å². The van der Waals surface area contributed by atoms with Crippen molar-refractivity contribution in [3.63, 3.8) is 0 Å². The van der Waals surface area contributed by atoms with Crippen LogP contribution in [0.25, 0.3) is 0 Å². The van der Waals surface area contributed by atoms with Crippen molar-refractivity contribution < 1.29 is 19.1 Å². The molecule has 0 fully saturated rings. The van der Waals surface area contributed by atoms with Crippen LogP contribution in [0.4, 0.5) is 0 Å². The predicted octanol–water partition coefficient (Wildman–Crippen LogP) is 6.17. The topological polar surface area (TPSA) is 52.6 Å². The van der Waals surface area contributed by atoms with Crippen molar-refractivity contribution >= 4 is 11.9 Å². The van der Waals surface area contributed by atoms with E-state index in [0.29, 0.717) is 17.0 Å². The lowest BCUT2D eigenvalue weighted by Crippen LogP contribution is -2.45. The van der Waals surface area contributed by atoms with Crippen molar-refractivity contribution in [2.75, 3.05) is 6.61 Å². The predicted molar refractivity (Wildman–Crippen MR) is 119 cm³/mol. The highest BCUT2D eigenvalue weighted by atomic mass is 16.6. The molecule has 0 bridgehead atoms. The average Bonchev–Trinajstić information content (AvgIpc) is 2.74. The van der Waals surface area contributed by atoms with E-state index in [1.165, 1.54) is 0 Å². The Bertz CT molecular complexity index is 798. The summed E-state index contributed by atoms with van der Waals surface area (Å²) in [6.07, 6.45) is 1.34. The minimum Gasteiger partial charge on any atom is -0.461 e. The van der Waals surface area contributed by atoms with Crippen LogP contribution in [-0.4, -0.2) is 24.6 Å². The van der Waals surface area contributed by atoms with E-state index in [1.54, 1.807) is 24.3 Å². The number of benzene rings is 2. The molecule has 0 aromatic heterocycles. The molecule has 4 nitrogen and oxygen atoms in total. The third kappa shape index (κ3) is 6.19. The Labute approximate surface area is 180 Å². The summed E-state index contributed by atoms with van der Waals surface area (Å²) in [5.41, 5.74) is 0.569. The van der Waals surface area contributed by atoms with Gasteiger partial charge in [0.2, 0.25) is 0 Å². The van der Waals surface area contributed by atoms with Gasteiger partial charge in [-0.05, 0) is 49.4 Å². The second-order valence-electron chi connectivity index (χ2n) is 8.68. The molecule has 2 unspecified atom stereocenters. The Hall–Kier alpha value is -2.62. The molecule has 0 spiro atoms. The summed E-state index contributed by atoms with van der Waals surface area (Å²) in [6, 6.07) is 18.0. The van der Waals surface area contributed by atoms with Gasteiger partial charge in [-0.3, -0.25) is 0 Å². The summed E-state index contributed by atoms with van der Waals surface area (Å²) in [4.78, 5) is 25.3. The first-order chi connectivity index (χ1) is 14.3. The van der Waals surface area contributed by atoms with E-state index < -0.39 is 11.5 Å². The lowest BCUT2D eigenvalue weighted by Gasteiger charge is -2.42. The van der Waals surface area contributed by atoms with Gasteiger partial charge < -0.3 is 9.47 Å². The van der Waals surface area contributed by atoms with Crippen molar-refractivity contribution in [1.82, 2.24) is 0 Å². The normalized spacial score (nSPS) is 14.2. The summed E-state index contributed by atoms with van der Waals surface area (Å²) in [5, 5.41) is 0. The lowest BCUT2D eigenvalue weighted by molar-refractivity contribution is -0.0701. The maximum Gasteiger partial charge on any atom is 0.338 e. The van der Waals surface area contributed by atoms with Crippen LogP contribution < -0.4 is 0 Å². The zero-order valence-corrected chi connectivity index (χ0v) is 18.8. The monoisotopic (exact) mass is 410 g/mol. The molecule has 162 valence electrons. The van der Waals surface area contributed by atoms with Gasteiger partial charge in [0.25, 0.3) is 0 Å². The second kappa shape index (κ2) is 11.0. The molecule has 2 atom stereocenters. The Morgan fingerprint density at radius 3 is 1.77 bits per heavy atom. The third-order valence-electron chi connectivity index (χ3n) is 5.92.